The van der Waals surface area contributed by atoms with Crippen LogP contribution in [0.25, 0.3) is 0 Å². The van der Waals surface area contributed by atoms with E-state index in [2.05, 4.69) is 11.9 Å². The van der Waals surface area contributed by atoms with Gasteiger partial charge in [0.1, 0.15) is 5.69 Å². The Morgan fingerprint density at radius 1 is 1.64 bits per heavy atom. The molecule has 0 aromatic carbocycles. The fourth-order valence-corrected chi connectivity index (χ4v) is 1.32. The molecule has 1 aromatic heterocycles. The van der Waals surface area contributed by atoms with Gasteiger partial charge < -0.3 is 15.4 Å². The van der Waals surface area contributed by atoms with E-state index in [0.717, 1.165) is 19.3 Å². The summed E-state index contributed by atoms with van der Waals surface area (Å²) in [6.07, 6.45) is 4.38. The minimum atomic E-state index is -0.981. The number of rotatable bonds is 5. The molecule has 1 rings (SSSR count). The fourth-order valence-electron chi connectivity index (χ4n) is 1.32. The average molecular weight is 197 g/mol. The maximum absolute atomic E-state index is 10.8. The first kappa shape index (κ1) is 10.6. The lowest BCUT2D eigenvalue weighted by molar-refractivity contribution is 0.0685. The number of imidazole rings is 1. The number of hydrogen-bond donors (Lipinski definition) is 2. The van der Waals surface area contributed by atoms with Crippen LogP contribution in [0.15, 0.2) is 6.20 Å². The molecule has 0 fully saturated rings. The first-order valence-electron chi connectivity index (χ1n) is 4.71. The largest absolute Gasteiger partial charge is 0.477 e. The van der Waals surface area contributed by atoms with Crippen LogP contribution < -0.4 is 5.73 Å². The Balaban J connectivity index is 2.72. The highest BCUT2D eigenvalue weighted by molar-refractivity contribution is 5.86. The number of aromatic nitrogens is 2. The zero-order valence-corrected chi connectivity index (χ0v) is 8.23. The van der Waals surface area contributed by atoms with Gasteiger partial charge in [0.25, 0.3) is 0 Å². The molecule has 14 heavy (non-hydrogen) atoms. The summed E-state index contributed by atoms with van der Waals surface area (Å²) in [7, 11) is 0. The third-order valence-corrected chi connectivity index (χ3v) is 2.09. The van der Waals surface area contributed by atoms with Crippen molar-refractivity contribution in [3.05, 3.63) is 11.9 Å². The van der Waals surface area contributed by atoms with Gasteiger partial charge in [-0.25, -0.2) is 9.78 Å². The van der Waals surface area contributed by atoms with Crippen molar-refractivity contribution >= 4 is 11.9 Å². The molecule has 3 N–H and O–H groups in total. The van der Waals surface area contributed by atoms with Crippen molar-refractivity contribution in [1.82, 2.24) is 9.55 Å². The molecule has 0 bridgehead atoms. The highest BCUT2D eigenvalue weighted by atomic mass is 16.4. The predicted octanol–water partition coefficient (Wildman–Crippen LogP) is 1.35. The second-order valence-electron chi connectivity index (χ2n) is 3.17. The van der Waals surface area contributed by atoms with E-state index in [9.17, 15) is 4.79 Å². The Morgan fingerprint density at radius 2 is 2.36 bits per heavy atom. The number of carboxylic acids is 1. The average Bonchev–Trinajstić information content (AvgIpc) is 2.48. The summed E-state index contributed by atoms with van der Waals surface area (Å²) < 4.78 is 1.54. The number of anilines is 1. The predicted molar refractivity (Wildman–Crippen MR) is 53.1 cm³/mol. The summed E-state index contributed by atoms with van der Waals surface area (Å²) in [6, 6.07) is 0. The molecule has 5 nitrogen and oxygen atoms in total. The summed E-state index contributed by atoms with van der Waals surface area (Å²) in [6.45, 7) is 2.72. The zero-order chi connectivity index (χ0) is 10.6. The van der Waals surface area contributed by atoms with Gasteiger partial charge in [-0.05, 0) is 6.42 Å². The zero-order valence-electron chi connectivity index (χ0n) is 8.23. The van der Waals surface area contributed by atoms with Crippen molar-refractivity contribution in [1.29, 1.82) is 0 Å². The number of unbranched alkanes of at least 4 members (excludes halogenated alkanes) is 2. The van der Waals surface area contributed by atoms with E-state index in [4.69, 9.17) is 10.8 Å². The monoisotopic (exact) mass is 197 g/mol. The maximum Gasteiger partial charge on any atom is 0.354 e. The molecule has 5 heteroatoms. The minimum absolute atomic E-state index is 0.165. The number of nitrogens with two attached hydrogens (primary N) is 1. The molecule has 1 aromatic rings. The molecule has 0 aliphatic rings. The van der Waals surface area contributed by atoms with Crippen molar-refractivity contribution in [2.45, 2.75) is 32.7 Å². The number of carboxylic acid groups (broad SMARTS) is 1. The quantitative estimate of drug-likeness (QED) is 0.698. The summed E-state index contributed by atoms with van der Waals surface area (Å²) in [4.78, 5) is 14.5. The molecule has 1 heterocycles. The van der Waals surface area contributed by atoms with Gasteiger partial charge in [-0.3, -0.25) is 0 Å². The molecule has 0 atom stereocenters. The van der Waals surface area contributed by atoms with Gasteiger partial charge in [0.15, 0.2) is 0 Å². The Kier molecular flexibility index (Phi) is 3.50. The lowest BCUT2D eigenvalue weighted by Crippen LogP contribution is -2.11. The van der Waals surface area contributed by atoms with Crippen LogP contribution in [0.3, 0.4) is 0 Å². The summed E-state index contributed by atoms with van der Waals surface area (Å²) >= 11 is 0. The Bertz CT molecular complexity index is 320. The summed E-state index contributed by atoms with van der Waals surface area (Å²) in [5.74, 6) is -0.704. The van der Waals surface area contributed by atoms with Crippen LogP contribution in [-0.4, -0.2) is 20.6 Å². The van der Waals surface area contributed by atoms with Gasteiger partial charge in [-0.15, -0.1) is 0 Å². The fraction of sp³-hybridized carbons (Fsp3) is 0.556. The van der Waals surface area contributed by atoms with Crippen LogP contribution in [0, 0.1) is 0 Å². The number of hydrogen-bond acceptors (Lipinski definition) is 3. The normalized spacial score (nSPS) is 10.4. The Morgan fingerprint density at radius 3 is 2.93 bits per heavy atom. The topological polar surface area (TPSA) is 81.1 Å². The third kappa shape index (κ3) is 2.25. The first-order valence-corrected chi connectivity index (χ1v) is 4.71. The highest BCUT2D eigenvalue weighted by Crippen LogP contribution is 2.09. The van der Waals surface area contributed by atoms with E-state index >= 15 is 0 Å². The van der Waals surface area contributed by atoms with Crippen LogP contribution in [0.2, 0.25) is 0 Å². The van der Waals surface area contributed by atoms with Crippen molar-refractivity contribution in [3.8, 4) is 0 Å². The number of aromatic carboxylic acids is 1. The van der Waals surface area contributed by atoms with E-state index in [1.807, 2.05) is 0 Å². The molecular weight excluding hydrogens is 182 g/mol. The van der Waals surface area contributed by atoms with Gasteiger partial charge in [-0.1, -0.05) is 19.8 Å². The van der Waals surface area contributed by atoms with E-state index < -0.39 is 5.97 Å². The summed E-state index contributed by atoms with van der Waals surface area (Å²) in [5, 5.41) is 8.82. The lowest BCUT2D eigenvalue weighted by Gasteiger charge is -2.06. The van der Waals surface area contributed by atoms with Gasteiger partial charge >= 0.3 is 5.97 Å². The maximum atomic E-state index is 10.8. The van der Waals surface area contributed by atoms with Crippen LogP contribution in [0.4, 0.5) is 5.95 Å². The second-order valence-corrected chi connectivity index (χ2v) is 3.17. The van der Waals surface area contributed by atoms with Crippen molar-refractivity contribution in [3.63, 3.8) is 0 Å². The summed E-state index contributed by atoms with van der Waals surface area (Å²) in [5.41, 5.74) is 5.72. The first-order chi connectivity index (χ1) is 6.66. The van der Waals surface area contributed by atoms with Crippen LogP contribution in [0.1, 0.15) is 36.7 Å². The van der Waals surface area contributed by atoms with Gasteiger partial charge in [-0.2, -0.15) is 0 Å². The lowest BCUT2D eigenvalue weighted by atomic mass is 10.2. The van der Waals surface area contributed by atoms with Crippen LogP contribution >= 0.6 is 0 Å². The van der Waals surface area contributed by atoms with Gasteiger partial charge in [0.05, 0.1) is 6.20 Å². The van der Waals surface area contributed by atoms with Crippen LogP contribution in [-0.2, 0) is 6.54 Å². The molecule has 0 spiro atoms. The number of nitrogens with zero attached hydrogens (tertiary/aromatic N) is 2. The second kappa shape index (κ2) is 4.64. The Hall–Kier alpha value is -1.52. The number of nitrogen functional groups attached to an aromatic ring is 1. The SMILES string of the molecule is CCCCCn1c(C(=O)O)cnc1N. The van der Waals surface area contributed by atoms with Crippen LogP contribution in [0.5, 0.6) is 0 Å². The van der Waals surface area contributed by atoms with Crippen molar-refractivity contribution < 1.29 is 9.90 Å². The minimum Gasteiger partial charge on any atom is -0.477 e. The molecule has 0 unspecified atom stereocenters. The van der Waals surface area contributed by atoms with E-state index in [0.29, 0.717) is 6.54 Å². The molecule has 0 aliphatic carbocycles. The van der Waals surface area contributed by atoms with Gasteiger partial charge in [0.2, 0.25) is 5.95 Å². The van der Waals surface area contributed by atoms with E-state index in [1.165, 1.54) is 10.8 Å². The standard InChI is InChI=1S/C9H15N3O2/c1-2-3-4-5-12-7(8(13)14)6-11-9(12)10/h6H,2-5H2,1H3,(H2,10,11)(H,13,14). The van der Waals surface area contributed by atoms with E-state index in [1.54, 1.807) is 0 Å². The number of carbonyl (C=O) groups is 1. The highest BCUT2D eigenvalue weighted by Gasteiger charge is 2.12. The molecule has 0 radical (unpaired) electrons. The molecule has 0 amide bonds. The molecular formula is C9H15N3O2. The Labute approximate surface area is 82.6 Å². The molecule has 78 valence electrons. The van der Waals surface area contributed by atoms with E-state index in [-0.39, 0.29) is 11.6 Å². The van der Waals surface area contributed by atoms with Crippen molar-refractivity contribution in [2.75, 3.05) is 5.73 Å². The smallest absolute Gasteiger partial charge is 0.354 e. The van der Waals surface area contributed by atoms with Crippen molar-refractivity contribution in [2.24, 2.45) is 0 Å². The molecule has 0 aliphatic heterocycles. The molecule has 0 saturated carbocycles. The van der Waals surface area contributed by atoms with Gasteiger partial charge in [0, 0.05) is 6.54 Å². The molecule has 0 saturated heterocycles. The third-order valence-electron chi connectivity index (χ3n) is 2.09.